The number of fused-ring (bicyclic) bond motifs is 2. The molecule has 1 saturated carbocycles. The van der Waals surface area contributed by atoms with E-state index in [0.717, 1.165) is 0 Å². The van der Waals surface area contributed by atoms with Crippen LogP contribution in [0.4, 0.5) is 0 Å². The van der Waals surface area contributed by atoms with Crippen LogP contribution < -0.4 is 0 Å². The highest BCUT2D eigenvalue weighted by molar-refractivity contribution is 5.46. The average Bonchev–Trinajstić information content (AvgIpc) is 3.05. The van der Waals surface area contributed by atoms with Crippen LogP contribution in [0.25, 0.3) is 0 Å². The van der Waals surface area contributed by atoms with Crippen LogP contribution in [0.15, 0.2) is 18.2 Å². The molecule has 1 aromatic carbocycles. The Morgan fingerprint density at radius 2 is 2.00 bits per heavy atom. The minimum Gasteiger partial charge on any atom is -0.296 e. The van der Waals surface area contributed by atoms with Gasteiger partial charge in [0.2, 0.25) is 0 Å². The van der Waals surface area contributed by atoms with Gasteiger partial charge in [-0.15, -0.1) is 0 Å². The summed E-state index contributed by atoms with van der Waals surface area (Å²) in [5.41, 5.74) is 5.30. The van der Waals surface area contributed by atoms with E-state index in [1.807, 2.05) is 0 Å². The third-order valence-corrected chi connectivity index (χ3v) is 4.49. The molecule has 1 aliphatic heterocycles. The van der Waals surface area contributed by atoms with Gasteiger partial charge in [-0.2, -0.15) is 0 Å². The van der Waals surface area contributed by atoms with Crippen LogP contribution in [0, 0.1) is 0 Å². The lowest BCUT2D eigenvalue weighted by Crippen LogP contribution is -2.38. The fourth-order valence-corrected chi connectivity index (χ4v) is 3.33. The monoisotopic (exact) mass is 215 g/mol. The summed E-state index contributed by atoms with van der Waals surface area (Å²) >= 11 is 0. The van der Waals surface area contributed by atoms with E-state index in [4.69, 9.17) is 0 Å². The lowest BCUT2D eigenvalue weighted by Gasteiger charge is -2.36. The van der Waals surface area contributed by atoms with Gasteiger partial charge in [0.25, 0.3) is 0 Å². The first-order valence-corrected chi connectivity index (χ1v) is 6.49. The molecule has 1 fully saturated rings. The molecule has 3 rings (SSSR count). The summed E-state index contributed by atoms with van der Waals surface area (Å²) in [6, 6.07) is 6.95. The number of hydrogen-bond donors (Lipinski definition) is 0. The molecule has 16 heavy (non-hydrogen) atoms. The summed E-state index contributed by atoms with van der Waals surface area (Å²) in [6.07, 6.45) is 3.96. The predicted octanol–water partition coefficient (Wildman–Crippen LogP) is 3.29. The van der Waals surface area contributed by atoms with Crippen LogP contribution in [0.2, 0.25) is 0 Å². The van der Waals surface area contributed by atoms with Crippen molar-refractivity contribution in [3.8, 4) is 0 Å². The van der Waals surface area contributed by atoms with Crippen LogP contribution >= 0.6 is 0 Å². The Morgan fingerprint density at radius 1 is 1.25 bits per heavy atom. The van der Waals surface area contributed by atoms with Gasteiger partial charge in [-0.1, -0.05) is 32.0 Å². The molecule has 0 atom stereocenters. The van der Waals surface area contributed by atoms with Crippen LogP contribution in [0.1, 0.15) is 49.3 Å². The van der Waals surface area contributed by atoms with E-state index in [-0.39, 0.29) is 0 Å². The molecule has 0 unspecified atom stereocenters. The van der Waals surface area contributed by atoms with E-state index in [9.17, 15) is 0 Å². The van der Waals surface area contributed by atoms with Crippen molar-refractivity contribution in [2.45, 2.75) is 44.6 Å². The molecule has 0 aromatic heterocycles. The summed E-state index contributed by atoms with van der Waals surface area (Å²) in [7, 11) is 2.29. The van der Waals surface area contributed by atoms with Crippen molar-refractivity contribution in [3.63, 3.8) is 0 Å². The largest absolute Gasteiger partial charge is 0.296 e. The van der Waals surface area contributed by atoms with Gasteiger partial charge in [-0.25, -0.2) is 0 Å². The minimum absolute atomic E-state index is 0.429. The van der Waals surface area contributed by atoms with E-state index in [1.54, 1.807) is 16.7 Å². The first-order chi connectivity index (χ1) is 7.65. The smallest absolute Gasteiger partial charge is 0.0462 e. The Labute approximate surface area is 98.5 Å². The zero-order valence-electron chi connectivity index (χ0n) is 10.6. The third-order valence-electron chi connectivity index (χ3n) is 4.49. The topological polar surface area (TPSA) is 3.24 Å². The normalized spacial score (nSPS) is 22.5. The lowest BCUT2D eigenvalue weighted by atomic mass is 9.84. The van der Waals surface area contributed by atoms with E-state index < -0.39 is 0 Å². The maximum absolute atomic E-state index is 2.57. The quantitative estimate of drug-likeness (QED) is 0.695. The van der Waals surface area contributed by atoms with Crippen molar-refractivity contribution in [1.29, 1.82) is 0 Å². The molecule has 0 N–H and O–H groups in total. The van der Waals surface area contributed by atoms with Gasteiger partial charge in [0.05, 0.1) is 0 Å². The standard InChI is InChI=1S/C15H21N/c1-11(2)12-5-4-6-14-13(12)7-10-16(3)15(14)8-9-15/h4-6,11H,7-10H2,1-3H3. The van der Waals surface area contributed by atoms with E-state index >= 15 is 0 Å². The second-order valence-corrected chi connectivity index (χ2v) is 5.73. The van der Waals surface area contributed by atoms with E-state index in [1.165, 1.54) is 25.8 Å². The van der Waals surface area contributed by atoms with Gasteiger partial charge in [-0.05, 0) is 48.9 Å². The molecular weight excluding hydrogens is 194 g/mol. The van der Waals surface area contributed by atoms with Crippen LogP contribution in [0.3, 0.4) is 0 Å². The summed E-state index contributed by atoms with van der Waals surface area (Å²) in [5, 5.41) is 0. The van der Waals surface area contributed by atoms with Gasteiger partial charge in [0.1, 0.15) is 0 Å². The van der Waals surface area contributed by atoms with Crippen molar-refractivity contribution in [2.75, 3.05) is 13.6 Å². The minimum atomic E-state index is 0.429. The second-order valence-electron chi connectivity index (χ2n) is 5.73. The maximum atomic E-state index is 2.57. The molecule has 1 aromatic rings. The van der Waals surface area contributed by atoms with Crippen molar-refractivity contribution < 1.29 is 0 Å². The van der Waals surface area contributed by atoms with Crippen molar-refractivity contribution >= 4 is 0 Å². The first kappa shape index (κ1) is 10.3. The van der Waals surface area contributed by atoms with E-state index in [2.05, 4.69) is 44.0 Å². The Hall–Kier alpha value is -0.820. The highest BCUT2D eigenvalue weighted by Crippen LogP contribution is 2.54. The molecule has 1 aliphatic carbocycles. The molecular formula is C15H21N. The molecule has 1 nitrogen and oxygen atoms in total. The molecule has 2 aliphatic rings. The van der Waals surface area contributed by atoms with Crippen molar-refractivity contribution in [1.82, 2.24) is 4.90 Å². The zero-order chi connectivity index (χ0) is 11.3. The van der Waals surface area contributed by atoms with Gasteiger partial charge in [0, 0.05) is 12.1 Å². The number of benzene rings is 1. The molecule has 0 amide bonds. The van der Waals surface area contributed by atoms with Crippen LogP contribution in [-0.4, -0.2) is 18.5 Å². The number of nitrogens with zero attached hydrogens (tertiary/aromatic N) is 1. The third kappa shape index (κ3) is 1.27. The summed E-state index contributed by atoms with van der Waals surface area (Å²) in [4.78, 5) is 2.57. The summed E-state index contributed by atoms with van der Waals surface area (Å²) < 4.78 is 0. The second kappa shape index (κ2) is 3.33. The molecule has 0 saturated heterocycles. The first-order valence-electron chi connectivity index (χ1n) is 6.49. The highest BCUT2D eigenvalue weighted by Gasteiger charge is 2.50. The average molecular weight is 215 g/mol. The van der Waals surface area contributed by atoms with Crippen LogP contribution in [-0.2, 0) is 12.0 Å². The fourth-order valence-electron chi connectivity index (χ4n) is 3.33. The van der Waals surface area contributed by atoms with E-state index in [0.29, 0.717) is 11.5 Å². The lowest BCUT2D eigenvalue weighted by molar-refractivity contribution is 0.208. The molecule has 0 bridgehead atoms. The van der Waals surface area contributed by atoms with Crippen LogP contribution in [0.5, 0.6) is 0 Å². The molecule has 1 spiro atoms. The number of hydrogen-bond acceptors (Lipinski definition) is 1. The number of rotatable bonds is 1. The maximum Gasteiger partial charge on any atom is 0.0462 e. The highest BCUT2D eigenvalue weighted by atomic mass is 15.2. The van der Waals surface area contributed by atoms with Gasteiger partial charge in [0.15, 0.2) is 0 Å². The summed E-state index contributed by atoms with van der Waals surface area (Å²) in [5.74, 6) is 0.661. The Morgan fingerprint density at radius 3 is 2.62 bits per heavy atom. The predicted molar refractivity (Wildman–Crippen MR) is 67.8 cm³/mol. The van der Waals surface area contributed by atoms with Gasteiger partial charge >= 0.3 is 0 Å². The Kier molecular flexibility index (Phi) is 2.16. The SMILES string of the molecule is CC(C)c1cccc2c1CCN(C)C21CC1. The van der Waals surface area contributed by atoms with Gasteiger partial charge < -0.3 is 0 Å². The molecule has 0 radical (unpaired) electrons. The molecule has 86 valence electrons. The fraction of sp³-hybridized carbons (Fsp3) is 0.600. The zero-order valence-corrected chi connectivity index (χ0v) is 10.6. The Bertz CT molecular complexity index is 415. The number of likely N-dealkylation sites (N-methyl/N-ethyl adjacent to an activating group) is 1. The Balaban J connectivity index is 2.14. The molecule has 1 heterocycles. The molecule has 1 heteroatoms. The summed E-state index contributed by atoms with van der Waals surface area (Å²) in [6.45, 7) is 5.86. The van der Waals surface area contributed by atoms with Gasteiger partial charge in [-0.3, -0.25) is 4.90 Å². The van der Waals surface area contributed by atoms with Crippen molar-refractivity contribution in [3.05, 3.63) is 34.9 Å². The van der Waals surface area contributed by atoms with Crippen molar-refractivity contribution in [2.24, 2.45) is 0 Å².